The third-order valence-corrected chi connectivity index (χ3v) is 3.01. The number of carbonyl (C=O) groups excluding carboxylic acids is 1. The summed E-state index contributed by atoms with van der Waals surface area (Å²) in [5, 5.41) is 6.70. The quantitative estimate of drug-likeness (QED) is 0.908. The number of anilines is 1. The van der Waals surface area contributed by atoms with Gasteiger partial charge >= 0.3 is 0 Å². The molecule has 2 N–H and O–H groups in total. The Morgan fingerprint density at radius 3 is 2.36 bits per heavy atom. The Hall–Kier alpha value is -2.14. The second kappa shape index (κ2) is 6.75. The average Bonchev–Trinajstić information content (AvgIpc) is 2.45. The zero-order valence-electron chi connectivity index (χ0n) is 12.9. The van der Waals surface area contributed by atoms with Crippen LogP contribution in [0.4, 0.5) is 5.82 Å². The minimum absolute atomic E-state index is 0.232. The van der Waals surface area contributed by atoms with Crippen molar-refractivity contribution in [3.8, 4) is 0 Å². The number of carbonyl (C=O) groups is 1. The zero-order valence-corrected chi connectivity index (χ0v) is 13.6. The molecule has 5 nitrogen and oxygen atoms in total. The predicted octanol–water partition coefficient (Wildman–Crippen LogP) is 3.27. The van der Waals surface area contributed by atoms with Gasteiger partial charge in [0.15, 0.2) is 0 Å². The maximum absolute atomic E-state index is 11.9. The van der Waals surface area contributed by atoms with E-state index in [4.69, 9.17) is 11.6 Å². The molecule has 1 heterocycles. The Morgan fingerprint density at radius 1 is 1.14 bits per heavy atom. The van der Waals surface area contributed by atoms with Gasteiger partial charge < -0.3 is 10.6 Å². The van der Waals surface area contributed by atoms with Crippen molar-refractivity contribution in [1.29, 1.82) is 0 Å². The van der Waals surface area contributed by atoms with E-state index in [1.807, 2.05) is 45.0 Å². The monoisotopic (exact) mass is 318 g/mol. The number of amides is 1. The molecule has 0 saturated carbocycles. The molecule has 0 fully saturated rings. The lowest BCUT2D eigenvalue weighted by atomic mass is 10.1. The van der Waals surface area contributed by atoms with Gasteiger partial charge in [0.2, 0.25) is 0 Å². The van der Waals surface area contributed by atoms with E-state index in [-0.39, 0.29) is 11.4 Å². The Bertz CT molecular complexity index is 633. The lowest BCUT2D eigenvalue weighted by Crippen LogP contribution is -2.40. The van der Waals surface area contributed by atoms with Gasteiger partial charge in [-0.2, -0.15) is 0 Å². The number of hydrogen-bond acceptors (Lipinski definition) is 4. The van der Waals surface area contributed by atoms with Crippen LogP contribution in [0, 0.1) is 0 Å². The van der Waals surface area contributed by atoms with Crippen molar-refractivity contribution in [2.75, 3.05) is 5.32 Å². The molecule has 0 aliphatic heterocycles. The number of nitrogens with zero attached hydrogens (tertiary/aromatic N) is 2. The molecule has 116 valence electrons. The van der Waals surface area contributed by atoms with E-state index >= 15 is 0 Å². The molecule has 1 aromatic carbocycles. The summed E-state index contributed by atoms with van der Waals surface area (Å²) < 4.78 is 0. The molecule has 2 aromatic rings. The van der Waals surface area contributed by atoms with Gasteiger partial charge in [-0.05, 0) is 38.5 Å². The summed E-state index contributed by atoms with van der Waals surface area (Å²) >= 11 is 5.84. The fourth-order valence-corrected chi connectivity index (χ4v) is 1.86. The highest BCUT2D eigenvalue weighted by atomic mass is 35.5. The zero-order chi connectivity index (χ0) is 16.2. The predicted molar refractivity (Wildman–Crippen MR) is 88.0 cm³/mol. The Balaban J connectivity index is 1.94. The van der Waals surface area contributed by atoms with Gasteiger partial charge in [-0.25, -0.2) is 9.97 Å². The molecule has 0 unspecified atom stereocenters. The minimum Gasteiger partial charge on any atom is -0.365 e. The van der Waals surface area contributed by atoms with Crippen molar-refractivity contribution >= 4 is 23.3 Å². The lowest BCUT2D eigenvalue weighted by Gasteiger charge is -2.19. The summed E-state index contributed by atoms with van der Waals surface area (Å²) in [6.45, 7) is 6.36. The van der Waals surface area contributed by atoms with Crippen molar-refractivity contribution < 1.29 is 4.79 Å². The van der Waals surface area contributed by atoms with Crippen LogP contribution in [0.1, 0.15) is 36.8 Å². The highest BCUT2D eigenvalue weighted by Crippen LogP contribution is 2.11. The first-order valence-corrected chi connectivity index (χ1v) is 7.34. The van der Waals surface area contributed by atoms with Gasteiger partial charge in [0.05, 0.1) is 12.4 Å². The maximum Gasteiger partial charge on any atom is 0.271 e. The summed E-state index contributed by atoms with van der Waals surface area (Å²) in [6.07, 6.45) is 3.01. The summed E-state index contributed by atoms with van der Waals surface area (Å²) in [6, 6.07) is 7.55. The topological polar surface area (TPSA) is 66.9 Å². The smallest absolute Gasteiger partial charge is 0.271 e. The maximum atomic E-state index is 11.9. The van der Waals surface area contributed by atoms with Crippen molar-refractivity contribution in [3.63, 3.8) is 0 Å². The molecule has 6 heteroatoms. The lowest BCUT2D eigenvalue weighted by molar-refractivity contribution is 0.0914. The highest BCUT2D eigenvalue weighted by Gasteiger charge is 2.16. The van der Waals surface area contributed by atoms with Gasteiger partial charge in [-0.3, -0.25) is 4.79 Å². The van der Waals surface area contributed by atoms with Crippen molar-refractivity contribution in [2.45, 2.75) is 32.9 Å². The molecule has 1 aromatic heterocycles. The molecule has 0 aliphatic carbocycles. The van der Waals surface area contributed by atoms with E-state index in [1.165, 1.54) is 6.20 Å². The first-order chi connectivity index (χ1) is 10.3. The summed E-state index contributed by atoms with van der Waals surface area (Å²) in [5.74, 6) is 0.381. The number of nitrogens with one attached hydrogen (secondary N) is 2. The van der Waals surface area contributed by atoms with Crippen molar-refractivity contribution in [1.82, 2.24) is 15.3 Å². The first-order valence-electron chi connectivity index (χ1n) is 6.96. The Labute approximate surface area is 135 Å². The van der Waals surface area contributed by atoms with Gasteiger partial charge in [-0.1, -0.05) is 23.7 Å². The molecule has 0 bridgehead atoms. The second-order valence-electron chi connectivity index (χ2n) is 5.97. The van der Waals surface area contributed by atoms with Gasteiger partial charge in [-0.15, -0.1) is 0 Å². The molecule has 0 spiro atoms. The minimum atomic E-state index is -0.301. The van der Waals surface area contributed by atoms with Gasteiger partial charge in [0, 0.05) is 17.1 Å². The highest BCUT2D eigenvalue weighted by molar-refractivity contribution is 6.30. The number of hydrogen-bond donors (Lipinski definition) is 2. The van der Waals surface area contributed by atoms with E-state index < -0.39 is 0 Å². The van der Waals surface area contributed by atoms with E-state index in [9.17, 15) is 4.79 Å². The third kappa shape index (κ3) is 5.00. The van der Waals surface area contributed by atoms with Gasteiger partial charge in [0.25, 0.3) is 5.91 Å². The van der Waals surface area contributed by atoms with Crippen molar-refractivity contribution in [2.24, 2.45) is 0 Å². The van der Waals surface area contributed by atoms with Crippen LogP contribution in [-0.4, -0.2) is 21.4 Å². The molecule has 0 saturated heterocycles. The third-order valence-electron chi connectivity index (χ3n) is 2.76. The van der Waals surface area contributed by atoms with Crippen LogP contribution in [0.15, 0.2) is 36.7 Å². The molecule has 2 rings (SSSR count). The Morgan fingerprint density at radius 2 is 1.82 bits per heavy atom. The standard InChI is InChI=1S/C16H19ClN4O/c1-16(2,3)21-15(22)13-9-20-14(10-18-13)19-8-11-4-6-12(17)7-5-11/h4-7,9-10H,8H2,1-3H3,(H,19,20)(H,21,22). The molecule has 0 atom stereocenters. The fraction of sp³-hybridized carbons (Fsp3) is 0.312. The van der Waals surface area contributed by atoms with Crippen LogP contribution in [0.2, 0.25) is 5.02 Å². The number of aromatic nitrogens is 2. The average molecular weight is 319 g/mol. The summed E-state index contributed by atoms with van der Waals surface area (Å²) in [5.41, 5.74) is 1.08. The SMILES string of the molecule is CC(C)(C)NC(=O)c1cnc(NCc2ccc(Cl)cc2)cn1. The van der Waals surface area contributed by atoms with E-state index in [0.29, 0.717) is 23.1 Å². The van der Waals surface area contributed by atoms with E-state index in [2.05, 4.69) is 20.6 Å². The number of benzene rings is 1. The van der Waals surface area contributed by atoms with E-state index in [1.54, 1.807) is 6.20 Å². The van der Waals surface area contributed by atoms with Gasteiger partial charge in [0.1, 0.15) is 11.5 Å². The Kier molecular flexibility index (Phi) is 4.98. The van der Waals surface area contributed by atoms with Crippen molar-refractivity contribution in [3.05, 3.63) is 52.9 Å². The molecule has 22 heavy (non-hydrogen) atoms. The van der Waals surface area contributed by atoms with Crippen LogP contribution in [0.3, 0.4) is 0 Å². The summed E-state index contributed by atoms with van der Waals surface area (Å²) in [7, 11) is 0. The largest absolute Gasteiger partial charge is 0.365 e. The van der Waals surface area contributed by atoms with E-state index in [0.717, 1.165) is 5.56 Å². The van der Waals surface area contributed by atoms with Crippen LogP contribution >= 0.6 is 11.6 Å². The molecular formula is C16H19ClN4O. The first kappa shape index (κ1) is 16.2. The molecule has 1 amide bonds. The van der Waals surface area contributed by atoms with Crippen LogP contribution < -0.4 is 10.6 Å². The molecule has 0 radical (unpaired) electrons. The van der Waals surface area contributed by atoms with Crippen LogP contribution in [-0.2, 0) is 6.54 Å². The molecule has 0 aliphatic rings. The molecular weight excluding hydrogens is 300 g/mol. The second-order valence-corrected chi connectivity index (χ2v) is 6.41. The number of rotatable bonds is 4. The van der Waals surface area contributed by atoms with Crippen LogP contribution in [0.25, 0.3) is 0 Å². The summed E-state index contributed by atoms with van der Waals surface area (Å²) in [4.78, 5) is 20.3. The number of halogens is 1. The normalized spacial score (nSPS) is 11.1. The van der Waals surface area contributed by atoms with Crippen LogP contribution in [0.5, 0.6) is 0 Å². The fourth-order valence-electron chi connectivity index (χ4n) is 1.74.